The molecule has 1 aromatic carbocycles. The first-order chi connectivity index (χ1) is 13.5. The number of benzene rings is 1. The molecule has 4 aromatic rings. The van der Waals surface area contributed by atoms with Crippen LogP contribution in [0, 0.1) is 11.6 Å². The SMILES string of the molecule is Nc1cccn(Cc2nc3ncnc(OCc4ccc(F)cc4F)c3[nH]2)c1=O. The Hall–Kier alpha value is -3.82. The topological polar surface area (TPSA) is 112 Å². The summed E-state index contributed by atoms with van der Waals surface area (Å²) >= 11 is 0. The number of anilines is 1. The third-order valence-corrected chi connectivity index (χ3v) is 4.05. The average Bonchev–Trinajstić information content (AvgIpc) is 3.08. The zero-order valence-corrected chi connectivity index (χ0v) is 14.4. The van der Waals surface area contributed by atoms with Crippen molar-refractivity contribution >= 4 is 16.9 Å². The van der Waals surface area contributed by atoms with Crippen molar-refractivity contribution in [3.05, 3.63) is 76.2 Å². The Balaban J connectivity index is 1.60. The number of pyridine rings is 1. The number of H-pyrrole nitrogens is 1. The summed E-state index contributed by atoms with van der Waals surface area (Å²) in [6.45, 7) is -0.00643. The summed E-state index contributed by atoms with van der Waals surface area (Å²) in [7, 11) is 0. The van der Waals surface area contributed by atoms with Crippen molar-refractivity contribution in [2.45, 2.75) is 13.2 Å². The van der Waals surface area contributed by atoms with Crippen LogP contribution in [0.3, 0.4) is 0 Å². The van der Waals surface area contributed by atoms with Crippen molar-refractivity contribution < 1.29 is 13.5 Å². The number of nitrogen functional groups attached to an aromatic ring is 1. The molecule has 0 saturated heterocycles. The average molecular weight is 384 g/mol. The summed E-state index contributed by atoms with van der Waals surface area (Å²) in [5.74, 6) is -0.772. The highest BCUT2D eigenvalue weighted by molar-refractivity contribution is 5.75. The first-order valence-electron chi connectivity index (χ1n) is 8.22. The van der Waals surface area contributed by atoms with Crippen LogP contribution < -0.4 is 16.0 Å². The third-order valence-electron chi connectivity index (χ3n) is 4.05. The molecule has 28 heavy (non-hydrogen) atoms. The number of halogens is 2. The number of aromatic amines is 1. The van der Waals surface area contributed by atoms with Crippen LogP contribution in [-0.4, -0.2) is 24.5 Å². The molecule has 0 fully saturated rings. The number of fused-ring (bicyclic) bond motifs is 1. The molecule has 0 aliphatic carbocycles. The summed E-state index contributed by atoms with van der Waals surface area (Å²) in [5, 5.41) is 0. The highest BCUT2D eigenvalue weighted by Gasteiger charge is 2.13. The standard InChI is InChI=1S/C18H14F2N6O2/c19-11-4-3-10(12(20)6-11)8-28-17-15-16(22-9-23-17)25-14(24-15)7-26-5-1-2-13(21)18(26)27/h1-6,9H,7-8,21H2,(H,22,23,24,25). The van der Waals surface area contributed by atoms with E-state index in [1.54, 1.807) is 12.3 Å². The summed E-state index contributed by atoms with van der Waals surface area (Å²) in [4.78, 5) is 27.5. The van der Waals surface area contributed by atoms with Gasteiger partial charge in [0.05, 0.1) is 12.2 Å². The zero-order valence-electron chi connectivity index (χ0n) is 14.4. The van der Waals surface area contributed by atoms with Crippen LogP contribution in [-0.2, 0) is 13.2 Å². The van der Waals surface area contributed by atoms with Crippen molar-refractivity contribution in [3.63, 3.8) is 0 Å². The Kier molecular flexibility index (Phi) is 4.44. The Labute approximate surface area is 156 Å². The van der Waals surface area contributed by atoms with E-state index >= 15 is 0 Å². The van der Waals surface area contributed by atoms with Crippen LogP contribution in [0.15, 0.2) is 47.7 Å². The molecular formula is C18H14F2N6O2. The molecule has 4 rings (SSSR count). The molecule has 3 N–H and O–H groups in total. The Morgan fingerprint density at radius 2 is 2.07 bits per heavy atom. The lowest BCUT2D eigenvalue weighted by atomic mass is 10.2. The van der Waals surface area contributed by atoms with E-state index < -0.39 is 11.6 Å². The first kappa shape index (κ1) is 17.6. The molecule has 0 aliphatic rings. The van der Waals surface area contributed by atoms with E-state index in [0.717, 1.165) is 12.1 Å². The molecule has 0 atom stereocenters. The lowest BCUT2D eigenvalue weighted by molar-refractivity contribution is 0.290. The molecule has 8 nitrogen and oxygen atoms in total. The Bertz CT molecular complexity index is 1220. The second-order valence-electron chi connectivity index (χ2n) is 5.98. The van der Waals surface area contributed by atoms with Gasteiger partial charge in [0, 0.05) is 17.8 Å². The van der Waals surface area contributed by atoms with Gasteiger partial charge in [-0.25, -0.2) is 18.7 Å². The van der Waals surface area contributed by atoms with Crippen molar-refractivity contribution in [2.24, 2.45) is 0 Å². The Morgan fingerprint density at radius 3 is 2.89 bits per heavy atom. The van der Waals surface area contributed by atoms with Gasteiger partial charge in [-0.3, -0.25) is 4.79 Å². The van der Waals surface area contributed by atoms with Crippen LogP contribution in [0.5, 0.6) is 5.88 Å². The maximum atomic E-state index is 13.8. The van der Waals surface area contributed by atoms with Gasteiger partial charge in [-0.1, -0.05) is 0 Å². The highest BCUT2D eigenvalue weighted by Crippen LogP contribution is 2.21. The molecule has 0 amide bonds. The largest absolute Gasteiger partial charge is 0.471 e. The Morgan fingerprint density at radius 1 is 1.21 bits per heavy atom. The van der Waals surface area contributed by atoms with Gasteiger partial charge in [-0.15, -0.1) is 0 Å². The summed E-state index contributed by atoms with van der Waals surface area (Å²) < 4.78 is 33.7. The molecular weight excluding hydrogens is 370 g/mol. The molecule has 0 radical (unpaired) electrons. The lowest BCUT2D eigenvalue weighted by Crippen LogP contribution is -2.22. The number of hydrogen-bond donors (Lipinski definition) is 2. The fourth-order valence-electron chi connectivity index (χ4n) is 2.67. The van der Waals surface area contributed by atoms with Crippen LogP contribution in [0.2, 0.25) is 0 Å². The minimum atomic E-state index is -0.711. The number of rotatable bonds is 5. The fourth-order valence-corrected chi connectivity index (χ4v) is 2.67. The number of hydrogen-bond acceptors (Lipinski definition) is 6. The van der Waals surface area contributed by atoms with Crippen LogP contribution in [0.1, 0.15) is 11.4 Å². The van der Waals surface area contributed by atoms with Gasteiger partial charge in [-0.2, -0.15) is 4.98 Å². The second kappa shape index (κ2) is 7.06. The van der Waals surface area contributed by atoms with E-state index in [1.807, 2.05) is 0 Å². The van der Waals surface area contributed by atoms with Gasteiger partial charge < -0.3 is 20.0 Å². The van der Waals surface area contributed by atoms with Gasteiger partial charge in [0.25, 0.3) is 5.56 Å². The minimum absolute atomic E-state index is 0.128. The van der Waals surface area contributed by atoms with Crippen molar-refractivity contribution in [1.29, 1.82) is 0 Å². The second-order valence-corrected chi connectivity index (χ2v) is 5.98. The molecule has 0 spiro atoms. The van der Waals surface area contributed by atoms with Crippen molar-refractivity contribution in [2.75, 3.05) is 5.73 Å². The van der Waals surface area contributed by atoms with E-state index in [2.05, 4.69) is 19.9 Å². The number of nitrogens with zero attached hydrogens (tertiary/aromatic N) is 4. The van der Waals surface area contributed by atoms with E-state index in [0.29, 0.717) is 17.0 Å². The van der Waals surface area contributed by atoms with Crippen LogP contribution in [0.25, 0.3) is 11.2 Å². The maximum absolute atomic E-state index is 13.8. The highest BCUT2D eigenvalue weighted by atomic mass is 19.1. The molecule has 0 unspecified atom stereocenters. The van der Waals surface area contributed by atoms with E-state index in [4.69, 9.17) is 10.5 Å². The minimum Gasteiger partial charge on any atom is -0.471 e. The third kappa shape index (κ3) is 3.39. The predicted molar refractivity (Wildman–Crippen MR) is 96.6 cm³/mol. The maximum Gasteiger partial charge on any atom is 0.274 e. The summed E-state index contributed by atoms with van der Waals surface area (Å²) in [6, 6.07) is 6.41. The van der Waals surface area contributed by atoms with Crippen molar-refractivity contribution in [3.8, 4) is 5.88 Å². The normalized spacial score (nSPS) is 11.1. The van der Waals surface area contributed by atoms with Gasteiger partial charge >= 0.3 is 0 Å². The molecule has 3 heterocycles. The molecule has 142 valence electrons. The van der Waals surface area contributed by atoms with Gasteiger partial charge in [0.2, 0.25) is 5.88 Å². The van der Waals surface area contributed by atoms with Gasteiger partial charge in [0.1, 0.15) is 35.9 Å². The van der Waals surface area contributed by atoms with Gasteiger partial charge in [0.15, 0.2) is 5.65 Å². The zero-order chi connectivity index (χ0) is 19.7. The van der Waals surface area contributed by atoms with E-state index in [9.17, 15) is 13.6 Å². The molecule has 0 bridgehead atoms. The van der Waals surface area contributed by atoms with E-state index in [1.165, 1.54) is 23.0 Å². The van der Waals surface area contributed by atoms with Crippen LogP contribution >= 0.6 is 0 Å². The molecule has 0 aliphatic heterocycles. The molecule has 10 heteroatoms. The monoisotopic (exact) mass is 384 g/mol. The smallest absolute Gasteiger partial charge is 0.274 e. The predicted octanol–water partition coefficient (Wildman–Crippen LogP) is 2.00. The van der Waals surface area contributed by atoms with Crippen molar-refractivity contribution in [1.82, 2.24) is 24.5 Å². The number of imidazole rings is 1. The quantitative estimate of drug-likeness (QED) is 0.544. The van der Waals surface area contributed by atoms with E-state index in [-0.39, 0.29) is 35.8 Å². The lowest BCUT2D eigenvalue weighted by Gasteiger charge is -2.06. The number of nitrogens with two attached hydrogens (primary N) is 1. The molecule has 0 saturated carbocycles. The fraction of sp³-hybridized carbons (Fsp3) is 0.111. The molecule has 3 aromatic heterocycles. The number of ether oxygens (including phenoxy) is 1. The summed E-state index contributed by atoms with van der Waals surface area (Å²) in [6.07, 6.45) is 2.85. The first-order valence-corrected chi connectivity index (χ1v) is 8.22. The number of aromatic nitrogens is 5. The number of nitrogens with one attached hydrogen (secondary N) is 1. The van der Waals surface area contributed by atoms with Gasteiger partial charge in [-0.05, 0) is 24.3 Å². The summed E-state index contributed by atoms with van der Waals surface area (Å²) in [5.41, 5.74) is 6.33. The van der Waals surface area contributed by atoms with Crippen LogP contribution in [0.4, 0.5) is 14.5 Å².